The Kier molecular flexibility index (Phi) is 5.08. The Balaban J connectivity index is 1.64. The van der Waals surface area contributed by atoms with E-state index in [0.717, 1.165) is 28.4 Å². The van der Waals surface area contributed by atoms with Gasteiger partial charge in [0.05, 0.1) is 5.69 Å². The molecule has 0 saturated heterocycles. The quantitative estimate of drug-likeness (QED) is 0.543. The summed E-state index contributed by atoms with van der Waals surface area (Å²) >= 11 is 0. The normalized spacial score (nSPS) is 11.6. The zero-order valence-electron chi connectivity index (χ0n) is 14.5. The Labute approximate surface area is 146 Å². The van der Waals surface area contributed by atoms with E-state index in [1.165, 1.54) is 0 Å². The lowest BCUT2D eigenvalue weighted by molar-refractivity contribution is 0.392. The Morgan fingerprint density at radius 3 is 2.76 bits per heavy atom. The van der Waals surface area contributed by atoms with Gasteiger partial charge in [-0.05, 0) is 19.9 Å². The zero-order chi connectivity index (χ0) is 17.6. The van der Waals surface area contributed by atoms with E-state index in [1.54, 1.807) is 25.8 Å². The van der Waals surface area contributed by atoms with E-state index in [1.807, 2.05) is 36.7 Å². The molecule has 0 aliphatic heterocycles. The molecule has 0 saturated carbocycles. The van der Waals surface area contributed by atoms with Crippen LogP contribution in [0.1, 0.15) is 22.6 Å². The number of rotatable bonds is 5. The third-order valence-electron chi connectivity index (χ3n) is 3.90. The fourth-order valence-corrected chi connectivity index (χ4v) is 2.51. The standard InChI is InChI=1S/C17H21N7O/c1-12-15(13(2)25-23-12)10-22-17(18-3)21-9-14-5-4-6-20-16(14)24-8-7-19-11-24/h4-8,11H,9-10H2,1-3H3,(H2,18,21,22). The molecule has 25 heavy (non-hydrogen) atoms. The van der Waals surface area contributed by atoms with Crippen LogP contribution in [0.5, 0.6) is 0 Å². The van der Waals surface area contributed by atoms with Crippen molar-refractivity contribution in [3.8, 4) is 5.82 Å². The maximum Gasteiger partial charge on any atom is 0.191 e. The number of aliphatic imine (C=N–C) groups is 1. The highest BCUT2D eigenvalue weighted by Gasteiger charge is 2.10. The Bertz CT molecular complexity index is 832. The number of pyridine rings is 1. The third-order valence-corrected chi connectivity index (χ3v) is 3.90. The molecule has 0 aliphatic rings. The van der Waals surface area contributed by atoms with Crippen LogP contribution in [0.3, 0.4) is 0 Å². The van der Waals surface area contributed by atoms with E-state index in [-0.39, 0.29) is 0 Å². The summed E-state index contributed by atoms with van der Waals surface area (Å²) in [6.45, 7) is 5.02. The van der Waals surface area contributed by atoms with Gasteiger partial charge in [0.1, 0.15) is 17.9 Å². The second kappa shape index (κ2) is 7.61. The molecule has 0 unspecified atom stereocenters. The van der Waals surface area contributed by atoms with Crippen LogP contribution in [0.15, 0.2) is 46.6 Å². The first-order chi connectivity index (χ1) is 12.2. The summed E-state index contributed by atoms with van der Waals surface area (Å²) in [4.78, 5) is 12.8. The molecule has 0 fully saturated rings. The van der Waals surface area contributed by atoms with Crippen molar-refractivity contribution in [2.45, 2.75) is 26.9 Å². The molecule has 3 aromatic rings. The molecule has 3 aromatic heterocycles. The first kappa shape index (κ1) is 16.7. The minimum atomic E-state index is 0.586. The van der Waals surface area contributed by atoms with Crippen molar-refractivity contribution in [3.05, 3.63) is 59.6 Å². The first-order valence-corrected chi connectivity index (χ1v) is 7.97. The van der Waals surface area contributed by atoms with Crippen molar-refractivity contribution in [3.63, 3.8) is 0 Å². The van der Waals surface area contributed by atoms with Crippen LogP contribution in [-0.2, 0) is 13.1 Å². The molecule has 2 N–H and O–H groups in total. The molecule has 3 heterocycles. The van der Waals surface area contributed by atoms with Crippen LogP contribution in [0.4, 0.5) is 0 Å². The molecule has 0 atom stereocenters. The first-order valence-electron chi connectivity index (χ1n) is 7.97. The van der Waals surface area contributed by atoms with E-state index in [4.69, 9.17) is 4.52 Å². The van der Waals surface area contributed by atoms with Crippen molar-refractivity contribution in [1.29, 1.82) is 0 Å². The second-order valence-corrected chi connectivity index (χ2v) is 5.54. The number of nitrogens with one attached hydrogen (secondary N) is 2. The number of nitrogens with zero attached hydrogens (tertiary/aromatic N) is 5. The van der Waals surface area contributed by atoms with E-state index in [9.17, 15) is 0 Å². The van der Waals surface area contributed by atoms with Crippen molar-refractivity contribution in [2.75, 3.05) is 7.05 Å². The van der Waals surface area contributed by atoms with E-state index in [2.05, 4.69) is 30.8 Å². The van der Waals surface area contributed by atoms with Crippen molar-refractivity contribution in [2.24, 2.45) is 4.99 Å². The van der Waals surface area contributed by atoms with Gasteiger partial charge in [-0.2, -0.15) is 0 Å². The fraction of sp³-hybridized carbons (Fsp3) is 0.294. The highest BCUT2D eigenvalue weighted by Crippen LogP contribution is 2.12. The SMILES string of the molecule is CN=C(NCc1cccnc1-n1ccnc1)NCc1c(C)noc1C. The minimum absolute atomic E-state index is 0.586. The van der Waals surface area contributed by atoms with Crippen LogP contribution in [0.2, 0.25) is 0 Å². The molecule has 3 rings (SSSR count). The molecule has 0 spiro atoms. The van der Waals surface area contributed by atoms with Crippen LogP contribution < -0.4 is 10.6 Å². The Morgan fingerprint density at radius 1 is 1.24 bits per heavy atom. The van der Waals surface area contributed by atoms with Gasteiger partial charge in [-0.3, -0.25) is 9.56 Å². The predicted molar refractivity (Wildman–Crippen MR) is 94.4 cm³/mol. The highest BCUT2D eigenvalue weighted by atomic mass is 16.5. The minimum Gasteiger partial charge on any atom is -0.361 e. The zero-order valence-corrected chi connectivity index (χ0v) is 14.5. The average Bonchev–Trinajstić information content (AvgIpc) is 3.27. The molecule has 0 bridgehead atoms. The van der Waals surface area contributed by atoms with Gasteiger partial charge in [0.15, 0.2) is 5.96 Å². The van der Waals surface area contributed by atoms with E-state index >= 15 is 0 Å². The van der Waals surface area contributed by atoms with Gasteiger partial charge in [-0.1, -0.05) is 11.2 Å². The van der Waals surface area contributed by atoms with Crippen molar-refractivity contribution in [1.82, 2.24) is 30.3 Å². The maximum absolute atomic E-state index is 5.18. The summed E-state index contributed by atoms with van der Waals surface area (Å²) in [5, 5.41) is 10.5. The van der Waals surface area contributed by atoms with Gasteiger partial charge >= 0.3 is 0 Å². The van der Waals surface area contributed by atoms with Crippen molar-refractivity contribution >= 4 is 5.96 Å². The lowest BCUT2D eigenvalue weighted by Gasteiger charge is -2.14. The largest absolute Gasteiger partial charge is 0.361 e. The molecule has 0 aliphatic carbocycles. The van der Waals surface area contributed by atoms with Crippen molar-refractivity contribution < 1.29 is 4.52 Å². The lowest BCUT2D eigenvalue weighted by Crippen LogP contribution is -2.36. The number of hydrogen-bond donors (Lipinski definition) is 2. The van der Waals surface area contributed by atoms with Gasteiger partial charge in [0.2, 0.25) is 0 Å². The molecule has 0 radical (unpaired) electrons. The molecule has 130 valence electrons. The number of hydrogen-bond acceptors (Lipinski definition) is 5. The lowest BCUT2D eigenvalue weighted by atomic mass is 10.2. The maximum atomic E-state index is 5.18. The molecule has 8 nitrogen and oxygen atoms in total. The van der Waals surface area contributed by atoms with Crippen LogP contribution in [0, 0.1) is 13.8 Å². The second-order valence-electron chi connectivity index (χ2n) is 5.54. The fourth-order valence-electron chi connectivity index (χ4n) is 2.51. The number of guanidine groups is 1. The van der Waals surface area contributed by atoms with Gasteiger partial charge in [-0.25, -0.2) is 9.97 Å². The van der Waals surface area contributed by atoms with Gasteiger partial charge < -0.3 is 15.2 Å². The summed E-state index contributed by atoms with van der Waals surface area (Å²) in [5.41, 5.74) is 2.97. The number of aryl methyl sites for hydroxylation is 2. The van der Waals surface area contributed by atoms with Gasteiger partial charge in [-0.15, -0.1) is 0 Å². The van der Waals surface area contributed by atoms with Gasteiger partial charge in [0, 0.05) is 49.9 Å². The highest BCUT2D eigenvalue weighted by molar-refractivity contribution is 5.79. The van der Waals surface area contributed by atoms with Crippen LogP contribution in [0.25, 0.3) is 5.82 Å². The summed E-state index contributed by atoms with van der Waals surface area (Å²) in [7, 11) is 1.74. The average molecular weight is 339 g/mol. The Morgan fingerprint density at radius 2 is 2.08 bits per heavy atom. The molecular weight excluding hydrogens is 318 g/mol. The Hall–Kier alpha value is -3.16. The smallest absolute Gasteiger partial charge is 0.191 e. The van der Waals surface area contributed by atoms with Gasteiger partial charge in [0.25, 0.3) is 0 Å². The number of imidazole rings is 1. The summed E-state index contributed by atoms with van der Waals surface area (Å²) < 4.78 is 7.07. The summed E-state index contributed by atoms with van der Waals surface area (Å²) in [6, 6.07) is 3.94. The summed E-state index contributed by atoms with van der Waals surface area (Å²) in [6.07, 6.45) is 7.10. The topological polar surface area (TPSA) is 93.2 Å². The molecule has 8 heteroatoms. The molecule has 0 amide bonds. The predicted octanol–water partition coefficient (Wildman–Crippen LogP) is 1.74. The molecular formula is C17H21N7O. The van der Waals surface area contributed by atoms with Crippen LogP contribution >= 0.6 is 0 Å². The summed E-state index contributed by atoms with van der Waals surface area (Å²) in [5.74, 6) is 2.35. The van der Waals surface area contributed by atoms with E-state index in [0.29, 0.717) is 19.0 Å². The van der Waals surface area contributed by atoms with Crippen LogP contribution in [-0.4, -0.2) is 32.7 Å². The number of aromatic nitrogens is 4. The monoisotopic (exact) mass is 339 g/mol. The van der Waals surface area contributed by atoms with E-state index < -0.39 is 0 Å². The third kappa shape index (κ3) is 3.85. The molecule has 0 aromatic carbocycles.